The Labute approximate surface area is 112 Å². The predicted octanol–water partition coefficient (Wildman–Crippen LogP) is 2.58. The van der Waals surface area contributed by atoms with Gasteiger partial charge in [-0.05, 0) is 30.6 Å². The third-order valence-corrected chi connectivity index (χ3v) is 3.57. The van der Waals surface area contributed by atoms with Gasteiger partial charge in [0.05, 0.1) is 18.8 Å². The van der Waals surface area contributed by atoms with Gasteiger partial charge in [0.2, 0.25) is 0 Å². The Morgan fingerprint density at radius 1 is 1.28 bits per heavy atom. The van der Waals surface area contributed by atoms with Gasteiger partial charge in [0.15, 0.2) is 0 Å². The molecule has 1 saturated carbocycles. The molecule has 0 aromatic carbocycles. The van der Waals surface area contributed by atoms with Crippen molar-refractivity contribution in [3.63, 3.8) is 0 Å². The molecule has 0 saturated heterocycles. The molecule has 108 valence electrons. The maximum absolute atomic E-state index is 9.75. The first kappa shape index (κ1) is 15.9. The molecule has 0 spiro atoms. The van der Waals surface area contributed by atoms with Gasteiger partial charge in [0, 0.05) is 12.6 Å². The molecule has 0 bridgehead atoms. The van der Waals surface area contributed by atoms with E-state index >= 15 is 0 Å². The van der Waals surface area contributed by atoms with E-state index in [9.17, 15) is 5.11 Å². The van der Waals surface area contributed by atoms with Crippen molar-refractivity contribution < 1.29 is 9.84 Å². The topological polar surface area (TPSA) is 41.5 Å². The standard InChI is InChI=1S/C15H31NO2/c1-12(2)16-15(10-17,13-6-7-13)11-18-9-8-14(3,4)5/h12-13,16-17H,6-11H2,1-5H3. The van der Waals surface area contributed by atoms with Crippen molar-refractivity contribution in [2.75, 3.05) is 19.8 Å². The minimum atomic E-state index is -0.216. The fourth-order valence-electron chi connectivity index (χ4n) is 2.34. The Hall–Kier alpha value is -0.120. The predicted molar refractivity (Wildman–Crippen MR) is 75.7 cm³/mol. The Morgan fingerprint density at radius 3 is 2.28 bits per heavy atom. The molecule has 1 fully saturated rings. The highest BCUT2D eigenvalue weighted by Gasteiger charge is 2.45. The largest absolute Gasteiger partial charge is 0.394 e. The van der Waals surface area contributed by atoms with Gasteiger partial charge in [-0.15, -0.1) is 0 Å². The van der Waals surface area contributed by atoms with Crippen LogP contribution in [0.2, 0.25) is 0 Å². The van der Waals surface area contributed by atoms with E-state index in [1.807, 2.05) is 0 Å². The molecule has 1 unspecified atom stereocenters. The summed E-state index contributed by atoms with van der Waals surface area (Å²) in [6.45, 7) is 12.5. The van der Waals surface area contributed by atoms with E-state index in [4.69, 9.17) is 4.74 Å². The monoisotopic (exact) mass is 257 g/mol. The second kappa shape index (κ2) is 6.36. The molecule has 18 heavy (non-hydrogen) atoms. The zero-order valence-electron chi connectivity index (χ0n) is 12.8. The summed E-state index contributed by atoms with van der Waals surface area (Å²) in [5.41, 5.74) is 0.0962. The smallest absolute Gasteiger partial charge is 0.0681 e. The van der Waals surface area contributed by atoms with Crippen LogP contribution in [0.25, 0.3) is 0 Å². The fourth-order valence-corrected chi connectivity index (χ4v) is 2.34. The summed E-state index contributed by atoms with van der Waals surface area (Å²) < 4.78 is 5.85. The first-order valence-corrected chi connectivity index (χ1v) is 7.25. The number of aliphatic hydroxyl groups excluding tert-OH is 1. The van der Waals surface area contributed by atoms with Crippen LogP contribution < -0.4 is 5.32 Å². The number of nitrogens with one attached hydrogen (secondary N) is 1. The summed E-state index contributed by atoms with van der Waals surface area (Å²) in [4.78, 5) is 0. The van der Waals surface area contributed by atoms with Gasteiger partial charge >= 0.3 is 0 Å². The molecule has 1 atom stereocenters. The van der Waals surface area contributed by atoms with Crippen LogP contribution >= 0.6 is 0 Å². The summed E-state index contributed by atoms with van der Waals surface area (Å²) in [6.07, 6.45) is 3.48. The maximum Gasteiger partial charge on any atom is 0.0681 e. The minimum absolute atomic E-state index is 0.172. The normalized spacial score (nSPS) is 20.2. The van der Waals surface area contributed by atoms with Crippen LogP contribution in [0.5, 0.6) is 0 Å². The summed E-state index contributed by atoms with van der Waals surface area (Å²) >= 11 is 0. The third-order valence-electron chi connectivity index (χ3n) is 3.57. The zero-order chi connectivity index (χ0) is 13.8. The van der Waals surface area contributed by atoms with Gasteiger partial charge in [-0.3, -0.25) is 0 Å². The van der Waals surface area contributed by atoms with Gasteiger partial charge in [-0.1, -0.05) is 34.6 Å². The van der Waals surface area contributed by atoms with Crippen LogP contribution in [0.4, 0.5) is 0 Å². The third kappa shape index (κ3) is 5.25. The molecule has 0 aromatic rings. The molecular formula is C15H31NO2. The van der Waals surface area contributed by atoms with E-state index in [-0.39, 0.29) is 12.1 Å². The molecule has 2 N–H and O–H groups in total. The first-order valence-electron chi connectivity index (χ1n) is 7.25. The van der Waals surface area contributed by atoms with Crippen LogP contribution in [0.1, 0.15) is 53.9 Å². The van der Waals surface area contributed by atoms with Gasteiger partial charge in [0.1, 0.15) is 0 Å². The molecular weight excluding hydrogens is 226 g/mol. The van der Waals surface area contributed by atoms with Crippen molar-refractivity contribution >= 4 is 0 Å². The Balaban J connectivity index is 2.41. The van der Waals surface area contributed by atoms with Crippen molar-refractivity contribution in [3.05, 3.63) is 0 Å². The summed E-state index contributed by atoms with van der Waals surface area (Å²) in [7, 11) is 0. The van der Waals surface area contributed by atoms with E-state index in [0.29, 0.717) is 24.0 Å². The number of hydrogen-bond acceptors (Lipinski definition) is 3. The van der Waals surface area contributed by atoms with Gasteiger partial charge in [0.25, 0.3) is 0 Å². The van der Waals surface area contributed by atoms with Gasteiger partial charge in [-0.2, -0.15) is 0 Å². The van der Waals surface area contributed by atoms with Crippen molar-refractivity contribution in [3.8, 4) is 0 Å². The first-order chi connectivity index (χ1) is 8.29. The van der Waals surface area contributed by atoms with Crippen LogP contribution in [0, 0.1) is 11.3 Å². The molecule has 1 aliphatic rings. The highest BCUT2D eigenvalue weighted by atomic mass is 16.5. The molecule has 0 amide bonds. The van der Waals surface area contributed by atoms with Crippen LogP contribution in [0.3, 0.4) is 0 Å². The van der Waals surface area contributed by atoms with Crippen LogP contribution in [-0.4, -0.2) is 36.5 Å². The Kier molecular flexibility index (Phi) is 5.63. The zero-order valence-corrected chi connectivity index (χ0v) is 12.8. The molecule has 3 nitrogen and oxygen atoms in total. The SMILES string of the molecule is CC(C)NC(CO)(COCCC(C)(C)C)C1CC1. The lowest BCUT2D eigenvalue weighted by Gasteiger charge is -2.35. The molecule has 0 aromatic heterocycles. The second-order valence-corrected chi connectivity index (χ2v) is 7.25. The van der Waals surface area contributed by atoms with Gasteiger partial charge < -0.3 is 15.2 Å². The number of ether oxygens (including phenoxy) is 1. The lowest BCUT2D eigenvalue weighted by atomic mass is 9.92. The van der Waals surface area contributed by atoms with Crippen molar-refractivity contribution in [1.29, 1.82) is 0 Å². The highest BCUT2D eigenvalue weighted by Crippen LogP contribution is 2.40. The van der Waals surface area contributed by atoms with Crippen molar-refractivity contribution in [2.24, 2.45) is 11.3 Å². The fraction of sp³-hybridized carbons (Fsp3) is 1.00. The number of hydrogen-bond donors (Lipinski definition) is 2. The molecule has 1 aliphatic carbocycles. The van der Waals surface area contributed by atoms with Crippen molar-refractivity contribution in [2.45, 2.75) is 65.5 Å². The molecule has 1 rings (SSSR count). The molecule has 0 radical (unpaired) electrons. The Bertz CT molecular complexity index is 243. The maximum atomic E-state index is 9.75. The number of rotatable bonds is 8. The second-order valence-electron chi connectivity index (χ2n) is 7.25. The summed E-state index contributed by atoms with van der Waals surface area (Å²) in [6, 6.07) is 0.379. The van der Waals surface area contributed by atoms with Crippen LogP contribution in [-0.2, 0) is 4.74 Å². The highest BCUT2D eigenvalue weighted by molar-refractivity contribution is 5.01. The summed E-state index contributed by atoms with van der Waals surface area (Å²) in [5, 5.41) is 13.3. The van der Waals surface area contributed by atoms with E-state index in [2.05, 4.69) is 39.9 Å². The van der Waals surface area contributed by atoms with E-state index in [1.165, 1.54) is 12.8 Å². The Morgan fingerprint density at radius 2 is 1.89 bits per heavy atom. The average Bonchev–Trinajstić information content (AvgIpc) is 3.04. The van der Waals surface area contributed by atoms with E-state index in [0.717, 1.165) is 13.0 Å². The average molecular weight is 257 g/mol. The van der Waals surface area contributed by atoms with Crippen molar-refractivity contribution in [1.82, 2.24) is 5.32 Å². The molecule has 0 heterocycles. The lowest BCUT2D eigenvalue weighted by molar-refractivity contribution is 0.0114. The van der Waals surface area contributed by atoms with Gasteiger partial charge in [-0.25, -0.2) is 0 Å². The minimum Gasteiger partial charge on any atom is -0.394 e. The van der Waals surface area contributed by atoms with E-state index in [1.54, 1.807) is 0 Å². The van der Waals surface area contributed by atoms with Crippen LogP contribution in [0.15, 0.2) is 0 Å². The van der Waals surface area contributed by atoms with E-state index < -0.39 is 0 Å². The lowest BCUT2D eigenvalue weighted by Crippen LogP contribution is -2.56. The molecule has 0 aliphatic heterocycles. The summed E-state index contributed by atoms with van der Waals surface area (Å²) in [5.74, 6) is 0.583. The molecule has 3 heteroatoms. The quantitative estimate of drug-likeness (QED) is 0.657. The number of aliphatic hydroxyl groups is 1.